The van der Waals surface area contributed by atoms with Gasteiger partial charge < -0.3 is 41.1 Å². The number of amides is 3. The number of carboxylic acid groups (broad SMARTS) is 1. The lowest BCUT2D eigenvalue weighted by Crippen LogP contribution is -2.53. The summed E-state index contributed by atoms with van der Waals surface area (Å²) in [5, 5.41) is 34.5. The van der Waals surface area contributed by atoms with E-state index in [-0.39, 0.29) is 47.8 Å². The molecule has 0 bridgehead atoms. The van der Waals surface area contributed by atoms with Crippen LogP contribution in [0, 0.1) is 11.3 Å². The molecule has 1 fully saturated rings. The van der Waals surface area contributed by atoms with Gasteiger partial charge in [-0.2, -0.15) is 0 Å². The molecular weight excluding hydrogens is 941 g/mol. The third-order valence-electron chi connectivity index (χ3n) is 10.3. The first-order valence-corrected chi connectivity index (χ1v) is 27.9. The van der Waals surface area contributed by atoms with Crippen LogP contribution in [0.4, 0.5) is 9.93 Å². The number of aliphatic imine (C=N–C) groups is 1. The van der Waals surface area contributed by atoms with Crippen molar-refractivity contribution in [2.75, 3.05) is 52.7 Å². The summed E-state index contributed by atoms with van der Waals surface area (Å²) in [6.07, 6.45) is 18.3. The van der Waals surface area contributed by atoms with Gasteiger partial charge >= 0.3 is 6.03 Å². The molecule has 14 nitrogen and oxygen atoms in total. The predicted molar refractivity (Wildman–Crippen MR) is 302 cm³/mol. The van der Waals surface area contributed by atoms with Crippen molar-refractivity contribution < 1.29 is 29.3 Å². The van der Waals surface area contributed by atoms with Gasteiger partial charge in [0.05, 0.1) is 29.6 Å². The average molecular weight is 1040 g/mol. The average Bonchev–Trinajstić information content (AvgIpc) is 4.09. The van der Waals surface area contributed by atoms with Crippen LogP contribution in [0.3, 0.4) is 0 Å². The molecule has 4 heterocycles. The molecule has 2 aliphatic heterocycles. The number of aliphatic hydroxyl groups excluding tert-OH is 1. The minimum absolute atomic E-state index is 0.00664. The van der Waals surface area contributed by atoms with E-state index in [0.717, 1.165) is 54.5 Å². The van der Waals surface area contributed by atoms with Crippen LogP contribution in [-0.4, -0.2) is 120 Å². The predicted octanol–water partition coefficient (Wildman–Crippen LogP) is 12.8. The molecule has 3 amide bonds. The number of aliphatic hydroxyl groups is 1. The Labute approximate surface area is 437 Å². The molecule has 6 N–H and O–H groups in total. The van der Waals surface area contributed by atoms with E-state index in [4.69, 9.17) is 14.6 Å². The molecule has 2 unspecified atom stereocenters. The van der Waals surface area contributed by atoms with Crippen LogP contribution >= 0.6 is 34.6 Å². The lowest BCUT2D eigenvalue weighted by atomic mass is 9.87. The second kappa shape index (κ2) is 40.7. The van der Waals surface area contributed by atoms with Gasteiger partial charge in [-0.05, 0) is 114 Å². The number of carbonyl (C=O) groups excluding carboxylic acids is 2. The van der Waals surface area contributed by atoms with Gasteiger partial charge in [-0.25, -0.2) is 14.1 Å². The van der Waals surface area contributed by atoms with Gasteiger partial charge in [0.25, 0.3) is 5.97 Å². The number of nitrogens with one attached hydrogen (secondary N) is 4. The van der Waals surface area contributed by atoms with E-state index in [0.29, 0.717) is 19.0 Å². The van der Waals surface area contributed by atoms with Crippen LogP contribution in [0.2, 0.25) is 0 Å². The van der Waals surface area contributed by atoms with Gasteiger partial charge in [-0.1, -0.05) is 107 Å². The molecule has 4 atom stereocenters. The first kappa shape index (κ1) is 68.2. The summed E-state index contributed by atoms with van der Waals surface area (Å²) < 4.78 is 8.76. The van der Waals surface area contributed by atoms with Crippen molar-refractivity contribution in [2.45, 2.75) is 183 Å². The number of anilines is 1. The maximum atomic E-state index is 12.4. The molecule has 402 valence electrons. The van der Waals surface area contributed by atoms with Crippen molar-refractivity contribution in [1.29, 1.82) is 0 Å². The minimum Gasteiger partial charge on any atom is -0.508 e. The summed E-state index contributed by atoms with van der Waals surface area (Å²) in [5.74, 6) is 0.996. The first-order valence-electron chi connectivity index (χ1n) is 25.4. The number of allylic oxidation sites excluding steroid dienone is 3. The van der Waals surface area contributed by atoms with E-state index < -0.39 is 5.97 Å². The number of aromatic nitrogens is 1. The summed E-state index contributed by atoms with van der Waals surface area (Å²) in [6.45, 7) is 30.9. The summed E-state index contributed by atoms with van der Waals surface area (Å²) in [7, 11) is 5.70. The Hall–Kier alpha value is -3.90. The fraction of sp³-hybridized carbons (Fsp3) is 0.679. The number of thiazole rings is 1. The number of carboxylic acids is 1. The maximum absolute atomic E-state index is 12.4. The molecule has 0 saturated carbocycles. The number of thiophene rings is 1. The number of ether oxygens (including phenoxy) is 1. The van der Waals surface area contributed by atoms with Crippen molar-refractivity contribution in [3.63, 3.8) is 0 Å². The highest BCUT2D eigenvalue weighted by Gasteiger charge is 2.29. The number of hydrogen-bond acceptors (Lipinski definition) is 13. The quantitative estimate of drug-likeness (QED) is 0.0582. The second-order valence-corrected chi connectivity index (χ2v) is 21.5. The van der Waals surface area contributed by atoms with E-state index in [1.165, 1.54) is 49.3 Å². The highest BCUT2D eigenvalue weighted by Crippen LogP contribution is 2.28. The molecule has 0 radical (unpaired) electrons. The third-order valence-corrected chi connectivity index (χ3v) is 13.0. The molecule has 2 aromatic rings. The Bertz CT molecular complexity index is 1790. The van der Waals surface area contributed by atoms with Crippen LogP contribution in [0.25, 0.3) is 0 Å². The lowest BCUT2D eigenvalue weighted by molar-refractivity contribution is -0.134. The summed E-state index contributed by atoms with van der Waals surface area (Å²) >= 11 is 4.93. The molecule has 4 rings (SSSR count). The molecule has 0 aromatic carbocycles. The smallest absolute Gasteiger partial charge is 0.315 e. The standard InChI is InChI=1S/C19H32N4O2S2.C17H23N3O2S.C11H25N.C2H4O2.2C2H6/c1-14-8-6-10-23(14)16(24)12-20-18(25)21-15(19(2,3)4)13-22(5)27-17-9-7-11-26-17;1-11(2)18-17-20-16(10-23-17)15-9-14(22-4)7-5-6-13(21)8-12(3)19-15;1-4-5-6-7-8-9-11(2)10-12-3;1-2(3)4;2*1-2/h7,9,11,14-15H,6,8,10,12-13H2,1-5H3,(H2,20,21,25);5-6,8-12,21H,7H2,1-4H3,(H,18,20);11-12H,4-10H2,1-3H3;1H3,(H,3,4);2*1-2H3/b;6-5-,13-8+,14-9+,19-15?;;;;/t14-,15-;;;;;/m1...../s1. The van der Waals surface area contributed by atoms with Gasteiger partial charge in [0, 0.05) is 56.0 Å². The van der Waals surface area contributed by atoms with Gasteiger partial charge in [-0.3, -0.25) is 14.6 Å². The van der Waals surface area contributed by atoms with E-state index in [9.17, 15) is 14.7 Å². The highest BCUT2D eigenvalue weighted by molar-refractivity contribution is 7.98. The number of likely N-dealkylation sites (N-methyl/N-ethyl adjacent to an activating group) is 1. The van der Waals surface area contributed by atoms with E-state index in [1.54, 1.807) is 53.9 Å². The zero-order chi connectivity index (χ0) is 53.7. The van der Waals surface area contributed by atoms with Gasteiger partial charge in [0.1, 0.15) is 17.2 Å². The normalized spacial score (nSPS) is 18.2. The molecule has 0 aliphatic carbocycles. The van der Waals surface area contributed by atoms with E-state index in [1.807, 2.05) is 77.2 Å². The zero-order valence-corrected chi connectivity index (χ0v) is 48.7. The molecule has 0 spiro atoms. The Morgan fingerprint density at radius 1 is 1.06 bits per heavy atom. The highest BCUT2D eigenvalue weighted by atomic mass is 32.2. The first-order chi connectivity index (χ1) is 33.2. The van der Waals surface area contributed by atoms with E-state index >= 15 is 0 Å². The maximum Gasteiger partial charge on any atom is 0.315 e. The Morgan fingerprint density at radius 3 is 2.26 bits per heavy atom. The third kappa shape index (κ3) is 33.6. The number of unbranched alkanes of at least 4 members (excludes halogenated alkanes) is 4. The van der Waals surface area contributed by atoms with E-state index in [2.05, 4.69) is 102 Å². The number of rotatable bonds is 19. The number of carbonyl (C=O) groups is 3. The van der Waals surface area contributed by atoms with Crippen LogP contribution in [0.5, 0.6) is 0 Å². The molecule has 2 aliphatic rings. The minimum atomic E-state index is -0.833. The molecule has 2 aromatic heterocycles. The monoisotopic (exact) mass is 1040 g/mol. The van der Waals surface area contributed by atoms with Crippen LogP contribution in [-0.2, 0) is 14.3 Å². The SMILES string of the molecule is CC.CC.CC(=O)O.CCCCCCCC(C)CNC.CO/C1=C/C(c2csc(NC(C)C)n2)=NC(C)/C=C(O)\C=C/C1.C[C@@H]1CCCN1C(=O)CNC(=O)N[C@H](CN(C)Sc1cccs1)C(C)(C)C. The molecule has 70 heavy (non-hydrogen) atoms. The van der Waals surface area contributed by atoms with Crippen molar-refractivity contribution in [3.05, 3.63) is 64.4 Å². The fourth-order valence-corrected chi connectivity index (χ4v) is 9.40. The van der Waals surface area contributed by atoms with Gasteiger partial charge in [0.15, 0.2) is 5.13 Å². The van der Waals surface area contributed by atoms with Crippen molar-refractivity contribution in [2.24, 2.45) is 16.3 Å². The number of likely N-dealkylation sites (tertiary alicyclic amines) is 1. The van der Waals surface area contributed by atoms with Crippen molar-refractivity contribution in [3.8, 4) is 0 Å². The van der Waals surface area contributed by atoms with Gasteiger partial charge in [-0.15, -0.1) is 22.7 Å². The molecule has 17 heteroatoms. The second-order valence-electron chi connectivity index (χ2n) is 18.1. The molecular formula is C53H96N8O6S3. The Kier molecular flexibility index (Phi) is 39.6. The number of urea groups is 1. The van der Waals surface area contributed by atoms with Crippen LogP contribution in [0.1, 0.15) is 160 Å². The Morgan fingerprint density at radius 2 is 1.71 bits per heavy atom. The number of hydrogen-bond donors (Lipinski definition) is 6. The van der Waals surface area contributed by atoms with Crippen LogP contribution < -0.4 is 21.3 Å². The summed E-state index contributed by atoms with van der Waals surface area (Å²) in [4.78, 5) is 44.8. The fourth-order valence-electron chi connectivity index (χ4n) is 6.71. The zero-order valence-electron chi connectivity index (χ0n) is 46.2. The van der Waals surface area contributed by atoms with Crippen molar-refractivity contribution in [1.82, 2.24) is 30.1 Å². The number of methoxy groups -OCH3 is 1. The topological polar surface area (TPSA) is 181 Å². The summed E-state index contributed by atoms with van der Waals surface area (Å²) in [5.41, 5.74) is 1.45. The number of nitrogens with zero attached hydrogens (tertiary/aromatic N) is 4. The van der Waals surface area contributed by atoms with Crippen LogP contribution in [0.15, 0.2) is 67.9 Å². The Balaban J connectivity index is 0. The summed E-state index contributed by atoms with van der Waals surface area (Å²) in [6, 6.07) is 4.22. The number of aliphatic carboxylic acids is 1. The lowest BCUT2D eigenvalue weighted by Gasteiger charge is -2.34. The van der Waals surface area contributed by atoms with Crippen molar-refractivity contribution >= 4 is 63.4 Å². The van der Waals surface area contributed by atoms with Gasteiger partial charge in [0.2, 0.25) is 5.91 Å². The molecule has 1 saturated heterocycles. The largest absolute Gasteiger partial charge is 0.508 e.